The standard InChI is InChI=1S/C20H23F3N2O4S/c1-4-25(5-2)30(27,28)16-10-11-18(29-6-3)17(13-16)24-19(26)14-8-7-9-15(12-14)20(21,22)23/h7-13H,4-6H2,1-3H3,(H,24,26). The van der Waals surface area contributed by atoms with Crippen molar-refractivity contribution in [3.05, 3.63) is 53.6 Å². The van der Waals surface area contributed by atoms with Crippen molar-refractivity contribution in [1.29, 1.82) is 0 Å². The van der Waals surface area contributed by atoms with Gasteiger partial charge in [0, 0.05) is 18.7 Å². The molecule has 164 valence electrons. The number of nitrogens with one attached hydrogen (secondary N) is 1. The number of carbonyl (C=O) groups is 1. The van der Waals surface area contributed by atoms with Crippen molar-refractivity contribution < 1.29 is 31.1 Å². The van der Waals surface area contributed by atoms with E-state index in [0.29, 0.717) is 0 Å². The van der Waals surface area contributed by atoms with Crippen molar-refractivity contribution in [2.75, 3.05) is 25.0 Å². The van der Waals surface area contributed by atoms with Gasteiger partial charge in [-0.2, -0.15) is 17.5 Å². The van der Waals surface area contributed by atoms with Crippen LogP contribution in [0.3, 0.4) is 0 Å². The van der Waals surface area contributed by atoms with Gasteiger partial charge >= 0.3 is 6.18 Å². The van der Waals surface area contributed by atoms with Gasteiger partial charge in [-0.05, 0) is 43.3 Å². The Morgan fingerprint density at radius 3 is 2.30 bits per heavy atom. The summed E-state index contributed by atoms with van der Waals surface area (Å²) in [5.74, 6) is -0.615. The molecule has 0 bridgehead atoms. The molecular formula is C20H23F3N2O4S. The van der Waals surface area contributed by atoms with Crippen LogP contribution in [0.1, 0.15) is 36.7 Å². The topological polar surface area (TPSA) is 75.7 Å². The van der Waals surface area contributed by atoms with Gasteiger partial charge in [-0.25, -0.2) is 8.42 Å². The number of anilines is 1. The smallest absolute Gasteiger partial charge is 0.416 e. The molecule has 0 fully saturated rings. The third-order valence-corrected chi connectivity index (χ3v) is 6.34. The fraction of sp³-hybridized carbons (Fsp3) is 0.350. The molecule has 2 aromatic carbocycles. The van der Waals surface area contributed by atoms with E-state index < -0.39 is 27.7 Å². The Morgan fingerprint density at radius 2 is 1.73 bits per heavy atom. The van der Waals surface area contributed by atoms with Crippen LogP contribution in [0.4, 0.5) is 18.9 Å². The van der Waals surface area contributed by atoms with Gasteiger partial charge in [0.05, 0.1) is 22.8 Å². The number of amides is 1. The summed E-state index contributed by atoms with van der Waals surface area (Å²) < 4.78 is 71.0. The van der Waals surface area contributed by atoms with Crippen molar-refractivity contribution in [2.24, 2.45) is 0 Å². The summed E-state index contributed by atoms with van der Waals surface area (Å²) in [7, 11) is -3.80. The zero-order valence-electron chi connectivity index (χ0n) is 16.8. The summed E-state index contributed by atoms with van der Waals surface area (Å²) >= 11 is 0. The molecule has 0 unspecified atom stereocenters. The second-order valence-corrected chi connectivity index (χ2v) is 8.15. The number of carbonyl (C=O) groups excluding carboxylic acids is 1. The van der Waals surface area contributed by atoms with Crippen LogP contribution in [0, 0.1) is 0 Å². The zero-order chi connectivity index (χ0) is 22.5. The summed E-state index contributed by atoms with van der Waals surface area (Å²) in [4.78, 5) is 12.5. The lowest BCUT2D eigenvalue weighted by molar-refractivity contribution is -0.137. The van der Waals surface area contributed by atoms with E-state index >= 15 is 0 Å². The van der Waals surface area contributed by atoms with Crippen molar-refractivity contribution in [3.8, 4) is 5.75 Å². The van der Waals surface area contributed by atoms with E-state index in [1.165, 1.54) is 28.6 Å². The molecule has 0 aliphatic heterocycles. The molecule has 0 aliphatic rings. The highest BCUT2D eigenvalue weighted by Crippen LogP contribution is 2.31. The van der Waals surface area contributed by atoms with Crippen LogP contribution in [0.25, 0.3) is 0 Å². The average molecular weight is 444 g/mol. The molecule has 0 aromatic heterocycles. The number of hydrogen-bond donors (Lipinski definition) is 1. The van der Waals surface area contributed by atoms with E-state index in [2.05, 4.69) is 5.32 Å². The lowest BCUT2D eigenvalue weighted by atomic mass is 10.1. The maximum atomic E-state index is 12.9. The largest absolute Gasteiger partial charge is 0.492 e. The van der Waals surface area contributed by atoms with Gasteiger partial charge in [0.2, 0.25) is 10.0 Å². The van der Waals surface area contributed by atoms with E-state index in [0.717, 1.165) is 18.2 Å². The molecule has 10 heteroatoms. The highest BCUT2D eigenvalue weighted by atomic mass is 32.2. The number of ether oxygens (including phenoxy) is 1. The van der Waals surface area contributed by atoms with Gasteiger partial charge in [-0.1, -0.05) is 19.9 Å². The van der Waals surface area contributed by atoms with Gasteiger partial charge < -0.3 is 10.1 Å². The molecule has 0 saturated heterocycles. The quantitative estimate of drug-likeness (QED) is 0.655. The summed E-state index contributed by atoms with van der Waals surface area (Å²) in [6.45, 7) is 5.88. The molecule has 6 nitrogen and oxygen atoms in total. The minimum atomic E-state index is -4.59. The Kier molecular flexibility index (Phi) is 7.49. The fourth-order valence-electron chi connectivity index (χ4n) is 2.79. The summed E-state index contributed by atoms with van der Waals surface area (Å²) in [6, 6.07) is 7.96. The number of rotatable bonds is 8. The van der Waals surface area contributed by atoms with Gasteiger partial charge in [0.1, 0.15) is 5.75 Å². The van der Waals surface area contributed by atoms with E-state index in [1.807, 2.05) is 0 Å². The Bertz CT molecular complexity index is 1000. The molecule has 0 spiro atoms. The van der Waals surface area contributed by atoms with Crippen molar-refractivity contribution in [1.82, 2.24) is 4.31 Å². The molecule has 0 aliphatic carbocycles. The molecule has 1 amide bonds. The van der Waals surface area contributed by atoms with E-state index in [1.54, 1.807) is 20.8 Å². The van der Waals surface area contributed by atoms with Crippen LogP contribution in [0.2, 0.25) is 0 Å². The van der Waals surface area contributed by atoms with Crippen LogP contribution in [-0.4, -0.2) is 38.3 Å². The maximum Gasteiger partial charge on any atom is 0.416 e. The monoisotopic (exact) mass is 444 g/mol. The van der Waals surface area contributed by atoms with Crippen LogP contribution >= 0.6 is 0 Å². The molecule has 1 N–H and O–H groups in total. The molecule has 0 saturated carbocycles. The average Bonchev–Trinajstić information content (AvgIpc) is 2.69. The summed E-state index contributed by atoms with van der Waals surface area (Å²) in [5, 5.41) is 2.46. The number of hydrogen-bond acceptors (Lipinski definition) is 4. The lowest BCUT2D eigenvalue weighted by Gasteiger charge is -2.20. The van der Waals surface area contributed by atoms with Gasteiger partial charge in [0.25, 0.3) is 5.91 Å². The van der Waals surface area contributed by atoms with Gasteiger partial charge in [0.15, 0.2) is 0 Å². The Morgan fingerprint density at radius 1 is 1.07 bits per heavy atom. The Hall–Kier alpha value is -2.59. The number of sulfonamides is 1. The number of benzene rings is 2. The predicted octanol–water partition coefficient (Wildman–Crippen LogP) is 4.39. The SMILES string of the molecule is CCOc1ccc(S(=O)(=O)N(CC)CC)cc1NC(=O)c1cccc(C(F)(F)F)c1. The van der Waals surface area contributed by atoms with E-state index in [4.69, 9.17) is 4.74 Å². The molecular weight excluding hydrogens is 421 g/mol. The first kappa shape index (κ1) is 23.7. The Labute approximate surface area is 173 Å². The Balaban J connectivity index is 2.44. The minimum Gasteiger partial charge on any atom is -0.492 e. The van der Waals surface area contributed by atoms with Crippen LogP contribution < -0.4 is 10.1 Å². The van der Waals surface area contributed by atoms with Crippen LogP contribution in [0.5, 0.6) is 5.75 Å². The minimum absolute atomic E-state index is 0.0486. The highest BCUT2D eigenvalue weighted by Gasteiger charge is 2.31. The first-order chi connectivity index (χ1) is 14.0. The van der Waals surface area contributed by atoms with E-state index in [-0.39, 0.29) is 41.6 Å². The summed E-state index contributed by atoms with van der Waals surface area (Å²) in [6.07, 6.45) is -4.59. The fourth-order valence-corrected chi connectivity index (χ4v) is 4.28. The van der Waals surface area contributed by atoms with Crippen LogP contribution in [0.15, 0.2) is 47.4 Å². The molecule has 0 heterocycles. The lowest BCUT2D eigenvalue weighted by Crippen LogP contribution is -2.30. The predicted molar refractivity (Wildman–Crippen MR) is 107 cm³/mol. The second-order valence-electron chi connectivity index (χ2n) is 6.21. The second kappa shape index (κ2) is 9.48. The van der Waals surface area contributed by atoms with Crippen molar-refractivity contribution in [3.63, 3.8) is 0 Å². The van der Waals surface area contributed by atoms with Gasteiger partial charge in [-0.3, -0.25) is 4.79 Å². The normalized spacial score (nSPS) is 12.1. The van der Waals surface area contributed by atoms with Crippen molar-refractivity contribution >= 4 is 21.6 Å². The number of halogens is 3. The molecule has 30 heavy (non-hydrogen) atoms. The third kappa shape index (κ3) is 5.31. The first-order valence-corrected chi connectivity index (χ1v) is 10.7. The van der Waals surface area contributed by atoms with Gasteiger partial charge in [-0.15, -0.1) is 0 Å². The van der Waals surface area contributed by atoms with Crippen molar-refractivity contribution in [2.45, 2.75) is 31.8 Å². The van der Waals surface area contributed by atoms with E-state index in [9.17, 15) is 26.4 Å². The first-order valence-electron chi connectivity index (χ1n) is 9.30. The maximum absolute atomic E-state index is 12.9. The zero-order valence-corrected chi connectivity index (χ0v) is 17.6. The number of alkyl halides is 3. The molecule has 2 rings (SSSR count). The summed E-state index contributed by atoms with van der Waals surface area (Å²) in [5.41, 5.74) is -1.13. The molecule has 2 aromatic rings. The molecule has 0 radical (unpaired) electrons. The number of nitrogens with zero attached hydrogens (tertiary/aromatic N) is 1. The molecule has 0 atom stereocenters. The third-order valence-electron chi connectivity index (χ3n) is 4.29. The van der Waals surface area contributed by atoms with Crippen LogP contribution in [-0.2, 0) is 16.2 Å². The highest BCUT2D eigenvalue weighted by molar-refractivity contribution is 7.89.